The summed E-state index contributed by atoms with van der Waals surface area (Å²) < 4.78 is 6.88. The Labute approximate surface area is 141 Å². The van der Waals surface area contributed by atoms with E-state index in [2.05, 4.69) is 20.8 Å². The van der Waals surface area contributed by atoms with Crippen molar-refractivity contribution in [2.45, 2.75) is 45.1 Å². The van der Waals surface area contributed by atoms with Crippen LogP contribution in [0.5, 0.6) is 5.75 Å². The highest BCUT2D eigenvalue weighted by Crippen LogP contribution is 2.40. The van der Waals surface area contributed by atoms with Gasteiger partial charge in [-0.05, 0) is 52.9 Å². The molecule has 128 valence electrons. The number of tetrazole rings is 1. The predicted molar refractivity (Wildman–Crippen MR) is 89.6 cm³/mol. The van der Waals surface area contributed by atoms with Crippen molar-refractivity contribution in [2.24, 2.45) is 5.41 Å². The van der Waals surface area contributed by atoms with E-state index in [-0.39, 0.29) is 11.3 Å². The number of nitrogens with zero attached hydrogens (tertiary/aromatic N) is 4. The smallest absolute Gasteiger partial charge is 0.224 e. The van der Waals surface area contributed by atoms with Crippen LogP contribution in [0.1, 0.15) is 38.5 Å². The third kappa shape index (κ3) is 4.10. The van der Waals surface area contributed by atoms with Crippen molar-refractivity contribution in [1.82, 2.24) is 20.2 Å². The molecule has 1 heterocycles. The first-order valence-corrected chi connectivity index (χ1v) is 8.34. The molecule has 1 aromatic heterocycles. The van der Waals surface area contributed by atoms with E-state index in [9.17, 15) is 4.79 Å². The number of aromatic nitrogens is 4. The van der Waals surface area contributed by atoms with Gasteiger partial charge in [-0.25, -0.2) is 4.68 Å². The lowest BCUT2D eigenvalue weighted by atomic mass is 9.71. The van der Waals surface area contributed by atoms with Gasteiger partial charge < -0.3 is 10.1 Å². The summed E-state index contributed by atoms with van der Waals surface area (Å²) in [4.78, 5) is 12.6. The van der Waals surface area contributed by atoms with Gasteiger partial charge in [-0.1, -0.05) is 19.3 Å². The molecule has 1 aliphatic carbocycles. The molecule has 0 spiro atoms. The van der Waals surface area contributed by atoms with Gasteiger partial charge in [0.25, 0.3) is 0 Å². The molecule has 0 bridgehead atoms. The second kappa shape index (κ2) is 7.42. The van der Waals surface area contributed by atoms with Crippen molar-refractivity contribution >= 4 is 11.6 Å². The largest absolute Gasteiger partial charge is 0.497 e. The van der Waals surface area contributed by atoms with E-state index in [0.717, 1.165) is 37.1 Å². The standard InChI is InChI=1S/C17H23N5O2/c1-24-15-7-5-14(6-8-15)19-16(23)11-17(9-3-2-4-10-17)12-22-13-18-20-21-22/h5-8,13H,2-4,9-12H2,1H3,(H,19,23). The van der Waals surface area contributed by atoms with E-state index >= 15 is 0 Å². The minimum atomic E-state index is -0.0653. The fourth-order valence-corrected chi connectivity index (χ4v) is 3.51. The van der Waals surface area contributed by atoms with Gasteiger partial charge in [-0.2, -0.15) is 0 Å². The Balaban J connectivity index is 1.66. The SMILES string of the molecule is COc1ccc(NC(=O)CC2(Cn3cnnn3)CCCCC2)cc1. The van der Waals surface area contributed by atoms with E-state index < -0.39 is 0 Å². The van der Waals surface area contributed by atoms with Gasteiger partial charge in [-0.15, -0.1) is 5.10 Å². The maximum Gasteiger partial charge on any atom is 0.224 e. The first kappa shape index (κ1) is 16.4. The van der Waals surface area contributed by atoms with Crippen LogP contribution in [0.15, 0.2) is 30.6 Å². The number of hydrogen-bond donors (Lipinski definition) is 1. The van der Waals surface area contributed by atoms with E-state index in [1.165, 1.54) is 6.42 Å². The van der Waals surface area contributed by atoms with Crippen LogP contribution in [-0.2, 0) is 11.3 Å². The highest BCUT2D eigenvalue weighted by Gasteiger charge is 2.35. The highest BCUT2D eigenvalue weighted by molar-refractivity contribution is 5.91. The van der Waals surface area contributed by atoms with Crippen molar-refractivity contribution < 1.29 is 9.53 Å². The number of benzene rings is 1. The Kier molecular flexibility index (Phi) is 5.08. The van der Waals surface area contributed by atoms with Crippen LogP contribution < -0.4 is 10.1 Å². The van der Waals surface area contributed by atoms with Gasteiger partial charge in [-0.3, -0.25) is 4.79 Å². The lowest BCUT2D eigenvalue weighted by Crippen LogP contribution is -2.34. The summed E-state index contributed by atoms with van der Waals surface area (Å²) in [6.07, 6.45) is 7.70. The summed E-state index contributed by atoms with van der Waals surface area (Å²) in [6, 6.07) is 7.39. The molecule has 0 radical (unpaired) electrons. The fourth-order valence-electron chi connectivity index (χ4n) is 3.51. The molecular weight excluding hydrogens is 306 g/mol. The molecule has 1 N–H and O–H groups in total. The summed E-state index contributed by atoms with van der Waals surface area (Å²) in [6.45, 7) is 0.691. The third-order valence-electron chi connectivity index (χ3n) is 4.71. The van der Waals surface area contributed by atoms with Crippen LogP contribution in [0.25, 0.3) is 0 Å². The normalized spacial score (nSPS) is 16.5. The molecule has 1 fully saturated rings. The minimum absolute atomic E-state index is 0.0372. The van der Waals surface area contributed by atoms with Crippen LogP contribution in [0.2, 0.25) is 0 Å². The van der Waals surface area contributed by atoms with Crippen LogP contribution in [-0.4, -0.2) is 33.2 Å². The molecule has 0 saturated heterocycles. The number of carbonyl (C=O) groups excluding carboxylic acids is 1. The zero-order valence-corrected chi connectivity index (χ0v) is 13.9. The monoisotopic (exact) mass is 329 g/mol. The molecule has 1 aliphatic rings. The molecule has 1 aromatic carbocycles. The quantitative estimate of drug-likeness (QED) is 0.881. The number of nitrogens with one attached hydrogen (secondary N) is 1. The van der Waals surface area contributed by atoms with Crippen molar-refractivity contribution in [2.75, 3.05) is 12.4 Å². The van der Waals surface area contributed by atoms with Crippen LogP contribution in [0.4, 0.5) is 5.69 Å². The third-order valence-corrected chi connectivity index (χ3v) is 4.71. The fraction of sp³-hybridized carbons (Fsp3) is 0.529. The van der Waals surface area contributed by atoms with Gasteiger partial charge in [0.15, 0.2) is 0 Å². The molecule has 3 rings (SSSR count). The highest BCUT2D eigenvalue weighted by atomic mass is 16.5. The zero-order chi connectivity index (χ0) is 16.8. The zero-order valence-electron chi connectivity index (χ0n) is 13.9. The molecule has 1 amide bonds. The second-order valence-electron chi connectivity index (χ2n) is 6.52. The van der Waals surface area contributed by atoms with Crippen molar-refractivity contribution in [3.8, 4) is 5.75 Å². The van der Waals surface area contributed by atoms with Crippen LogP contribution in [0.3, 0.4) is 0 Å². The van der Waals surface area contributed by atoms with Crippen molar-refractivity contribution in [1.29, 1.82) is 0 Å². The topological polar surface area (TPSA) is 81.9 Å². The lowest BCUT2D eigenvalue weighted by molar-refractivity contribution is -0.119. The molecule has 0 unspecified atom stereocenters. The Hall–Kier alpha value is -2.44. The van der Waals surface area contributed by atoms with Gasteiger partial charge in [0.2, 0.25) is 5.91 Å². The van der Waals surface area contributed by atoms with Gasteiger partial charge in [0, 0.05) is 12.1 Å². The molecule has 24 heavy (non-hydrogen) atoms. The number of carbonyl (C=O) groups is 1. The van der Waals surface area contributed by atoms with E-state index in [4.69, 9.17) is 4.74 Å². The lowest BCUT2D eigenvalue weighted by Gasteiger charge is -2.36. The summed E-state index contributed by atoms with van der Waals surface area (Å²) >= 11 is 0. The molecule has 2 aromatic rings. The number of ether oxygens (including phenoxy) is 1. The molecule has 0 aliphatic heterocycles. The first-order valence-electron chi connectivity index (χ1n) is 8.34. The molecule has 1 saturated carbocycles. The number of methoxy groups -OCH3 is 1. The Morgan fingerprint density at radius 1 is 1.25 bits per heavy atom. The summed E-state index contributed by atoms with van der Waals surface area (Å²) in [5.41, 5.74) is 0.721. The molecular formula is C17H23N5O2. The average molecular weight is 329 g/mol. The van der Waals surface area contributed by atoms with E-state index in [1.807, 2.05) is 24.3 Å². The van der Waals surface area contributed by atoms with Gasteiger partial charge >= 0.3 is 0 Å². The van der Waals surface area contributed by atoms with Gasteiger partial charge in [0.05, 0.1) is 13.7 Å². The summed E-state index contributed by atoms with van der Waals surface area (Å²) in [5.74, 6) is 0.811. The summed E-state index contributed by atoms with van der Waals surface area (Å²) in [7, 11) is 1.62. The number of amides is 1. The minimum Gasteiger partial charge on any atom is -0.497 e. The number of hydrogen-bond acceptors (Lipinski definition) is 5. The number of anilines is 1. The van der Waals surface area contributed by atoms with Crippen molar-refractivity contribution in [3.63, 3.8) is 0 Å². The molecule has 7 nitrogen and oxygen atoms in total. The first-order chi connectivity index (χ1) is 11.7. The van der Waals surface area contributed by atoms with Crippen LogP contribution in [0, 0.1) is 5.41 Å². The van der Waals surface area contributed by atoms with Crippen molar-refractivity contribution in [3.05, 3.63) is 30.6 Å². The Morgan fingerprint density at radius 2 is 2.00 bits per heavy atom. The second-order valence-corrected chi connectivity index (χ2v) is 6.52. The average Bonchev–Trinajstić information content (AvgIpc) is 3.08. The number of rotatable bonds is 6. The van der Waals surface area contributed by atoms with Gasteiger partial charge in [0.1, 0.15) is 12.1 Å². The maximum absolute atomic E-state index is 12.6. The van der Waals surface area contributed by atoms with Crippen LogP contribution >= 0.6 is 0 Å². The Bertz CT molecular complexity index is 648. The predicted octanol–water partition coefficient (Wildman–Crippen LogP) is 2.66. The molecule has 7 heteroatoms. The van der Waals surface area contributed by atoms with E-state index in [0.29, 0.717) is 13.0 Å². The molecule has 0 atom stereocenters. The Morgan fingerprint density at radius 3 is 2.62 bits per heavy atom. The maximum atomic E-state index is 12.6. The summed E-state index contributed by atoms with van der Waals surface area (Å²) in [5, 5.41) is 14.4. The van der Waals surface area contributed by atoms with E-state index in [1.54, 1.807) is 18.1 Å².